The zero-order valence-electron chi connectivity index (χ0n) is 14.8. The average molecular weight is 335 g/mol. The standard InChI is InChI=1S/C10H22O3Si.C6H12O2/c1-4-13-14(2,3)7-5-6-11-8-10-9-12-10;1-2-3-7-4-6-5-8-6/h10H,4-9H2,1-3H3;6H,2-5H2,1H3. The lowest BCUT2D eigenvalue weighted by atomic mass is 10.5. The predicted molar refractivity (Wildman–Crippen MR) is 89.9 cm³/mol. The first-order valence-electron chi connectivity index (χ1n) is 8.60. The molecule has 2 heterocycles. The van der Waals surface area contributed by atoms with E-state index in [1.54, 1.807) is 0 Å². The summed E-state index contributed by atoms with van der Waals surface area (Å²) < 4.78 is 26.4. The maximum Gasteiger partial charge on any atom is 0.186 e. The number of hydrogen-bond acceptors (Lipinski definition) is 5. The van der Waals surface area contributed by atoms with E-state index in [2.05, 4.69) is 26.9 Å². The number of rotatable bonds is 12. The van der Waals surface area contributed by atoms with Gasteiger partial charge in [-0.3, -0.25) is 0 Å². The van der Waals surface area contributed by atoms with Gasteiger partial charge in [-0.05, 0) is 38.9 Å². The molecule has 0 aliphatic carbocycles. The summed E-state index contributed by atoms with van der Waals surface area (Å²) in [5, 5.41) is 0. The zero-order chi connectivity index (χ0) is 16.3. The van der Waals surface area contributed by atoms with E-state index >= 15 is 0 Å². The lowest BCUT2D eigenvalue weighted by Crippen LogP contribution is -2.30. The number of hydrogen-bond donors (Lipinski definition) is 0. The third kappa shape index (κ3) is 12.5. The highest BCUT2D eigenvalue weighted by Crippen LogP contribution is 2.14. The molecule has 2 saturated heterocycles. The normalized spacial score (nSPS) is 22.9. The first-order chi connectivity index (χ1) is 10.6. The topological polar surface area (TPSA) is 52.8 Å². The molecule has 0 N–H and O–H groups in total. The fourth-order valence-electron chi connectivity index (χ4n) is 1.97. The molecule has 0 saturated carbocycles. The van der Waals surface area contributed by atoms with Crippen LogP contribution in [0.2, 0.25) is 19.1 Å². The molecule has 2 atom stereocenters. The van der Waals surface area contributed by atoms with Crippen LogP contribution in [0.1, 0.15) is 26.7 Å². The van der Waals surface area contributed by atoms with Gasteiger partial charge < -0.3 is 23.4 Å². The van der Waals surface area contributed by atoms with Gasteiger partial charge in [-0.2, -0.15) is 0 Å². The van der Waals surface area contributed by atoms with E-state index in [1.807, 2.05) is 0 Å². The van der Waals surface area contributed by atoms with Crippen molar-refractivity contribution in [1.29, 1.82) is 0 Å². The maximum atomic E-state index is 5.73. The van der Waals surface area contributed by atoms with Crippen molar-refractivity contribution in [3.63, 3.8) is 0 Å². The van der Waals surface area contributed by atoms with Crippen LogP contribution in [0.5, 0.6) is 0 Å². The molecule has 2 rings (SSSR count). The van der Waals surface area contributed by atoms with Crippen molar-refractivity contribution in [2.75, 3.05) is 46.2 Å². The molecule has 2 fully saturated rings. The molecule has 2 aliphatic heterocycles. The molecule has 2 aliphatic rings. The molecule has 2 unspecified atom stereocenters. The Morgan fingerprint density at radius 3 is 1.95 bits per heavy atom. The van der Waals surface area contributed by atoms with Crippen LogP contribution in [-0.4, -0.2) is 66.8 Å². The minimum Gasteiger partial charge on any atom is -0.418 e. The second-order valence-electron chi connectivity index (χ2n) is 6.36. The van der Waals surface area contributed by atoms with Gasteiger partial charge >= 0.3 is 0 Å². The molecule has 0 spiro atoms. The van der Waals surface area contributed by atoms with Crippen LogP contribution in [0.4, 0.5) is 0 Å². The minimum atomic E-state index is -1.38. The Morgan fingerprint density at radius 2 is 1.50 bits per heavy atom. The average Bonchev–Trinajstić information content (AvgIpc) is 3.34. The summed E-state index contributed by atoms with van der Waals surface area (Å²) in [5.74, 6) is 0. The molecule has 5 nitrogen and oxygen atoms in total. The van der Waals surface area contributed by atoms with Gasteiger partial charge in [-0.25, -0.2) is 0 Å². The minimum absolute atomic E-state index is 0.396. The Hall–Kier alpha value is 0.0169. The van der Waals surface area contributed by atoms with Crippen molar-refractivity contribution < 1.29 is 23.4 Å². The molecule has 0 aromatic rings. The lowest BCUT2D eigenvalue weighted by Gasteiger charge is -2.21. The van der Waals surface area contributed by atoms with Crippen molar-refractivity contribution in [1.82, 2.24) is 0 Å². The van der Waals surface area contributed by atoms with E-state index in [9.17, 15) is 0 Å². The molecule has 0 aromatic heterocycles. The van der Waals surface area contributed by atoms with E-state index < -0.39 is 8.32 Å². The second kappa shape index (κ2) is 11.5. The van der Waals surface area contributed by atoms with Crippen LogP contribution in [-0.2, 0) is 23.4 Å². The smallest absolute Gasteiger partial charge is 0.186 e. The molecule has 0 radical (unpaired) electrons. The van der Waals surface area contributed by atoms with E-state index in [1.165, 1.54) is 6.04 Å². The van der Waals surface area contributed by atoms with Crippen LogP contribution in [0.3, 0.4) is 0 Å². The Balaban J connectivity index is 0.000000255. The molecular formula is C16H34O5Si. The Bertz CT molecular complexity index is 267. The summed E-state index contributed by atoms with van der Waals surface area (Å²) in [6.07, 6.45) is 3.05. The van der Waals surface area contributed by atoms with Gasteiger partial charge in [0.2, 0.25) is 0 Å². The van der Waals surface area contributed by atoms with Crippen molar-refractivity contribution in [2.45, 2.75) is 58.0 Å². The van der Waals surface area contributed by atoms with Crippen LogP contribution in [0.15, 0.2) is 0 Å². The third-order valence-corrected chi connectivity index (χ3v) is 5.99. The molecule has 0 amide bonds. The highest BCUT2D eigenvalue weighted by molar-refractivity contribution is 6.71. The van der Waals surface area contributed by atoms with Gasteiger partial charge in [0.05, 0.1) is 26.4 Å². The number of epoxide rings is 2. The van der Waals surface area contributed by atoms with Gasteiger partial charge in [-0.15, -0.1) is 0 Å². The summed E-state index contributed by atoms with van der Waals surface area (Å²) in [6, 6.07) is 1.19. The summed E-state index contributed by atoms with van der Waals surface area (Å²) in [7, 11) is -1.38. The highest BCUT2D eigenvalue weighted by atomic mass is 28.4. The Kier molecular flexibility index (Phi) is 10.5. The van der Waals surface area contributed by atoms with Crippen LogP contribution >= 0.6 is 0 Å². The molecular weight excluding hydrogens is 300 g/mol. The fourth-order valence-corrected chi connectivity index (χ4v) is 3.89. The first-order valence-corrected chi connectivity index (χ1v) is 11.7. The monoisotopic (exact) mass is 334 g/mol. The molecule has 0 aromatic carbocycles. The summed E-state index contributed by atoms with van der Waals surface area (Å²) in [6.45, 7) is 14.6. The quantitative estimate of drug-likeness (QED) is 0.312. The van der Waals surface area contributed by atoms with E-state index in [0.29, 0.717) is 12.2 Å². The van der Waals surface area contributed by atoms with Gasteiger partial charge in [0.15, 0.2) is 8.32 Å². The van der Waals surface area contributed by atoms with Crippen molar-refractivity contribution >= 4 is 8.32 Å². The summed E-state index contributed by atoms with van der Waals surface area (Å²) >= 11 is 0. The molecule has 132 valence electrons. The predicted octanol–water partition coefficient (Wildman–Crippen LogP) is 2.85. The second-order valence-corrected chi connectivity index (χ2v) is 10.7. The summed E-state index contributed by atoms with van der Waals surface area (Å²) in [4.78, 5) is 0. The molecule has 0 bridgehead atoms. The van der Waals surface area contributed by atoms with Gasteiger partial charge in [-0.1, -0.05) is 6.92 Å². The van der Waals surface area contributed by atoms with Crippen molar-refractivity contribution in [3.05, 3.63) is 0 Å². The largest absolute Gasteiger partial charge is 0.418 e. The van der Waals surface area contributed by atoms with Crippen molar-refractivity contribution in [2.24, 2.45) is 0 Å². The van der Waals surface area contributed by atoms with Gasteiger partial charge in [0.25, 0.3) is 0 Å². The van der Waals surface area contributed by atoms with E-state index in [0.717, 1.165) is 59.1 Å². The SMILES string of the molecule is CCCOCC1CO1.CCO[Si](C)(C)CCCOCC1CO1. The van der Waals surface area contributed by atoms with Crippen LogP contribution in [0.25, 0.3) is 0 Å². The third-order valence-electron chi connectivity index (χ3n) is 3.36. The summed E-state index contributed by atoms with van der Waals surface area (Å²) in [5.41, 5.74) is 0. The van der Waals surface area contributed by atoms with Crippen LogP contribution in [0, 0.1) is 0 Å². The maximum absolute atomic E-state index is 5.73. The Morgan fingerprint density at radius 1 is 0.955 bits per heavy atom. The lowest BCUT2D eigenvalue weighted by molar-refractivity contribution is 0.116. The highest BCUT2D eigenvalue weighted by Gasteiger charge is 2.23. The van der Waals surface area contributed by atoms with Crippen molar-refractivity contribution in [3.8, 4) is 0 Å². The van der Waals surface area contributed by atoms with E-state index in [-0.39, 0.29) is 0 Å². The van der Waals surface area contributed by atoms with Gasteiger partial charge in [0, 0.05) is 19.8 Å². The Labute approximate surface area is 136 Å². The molecule has 22 heavy (non-hydrogen) atoms. The van der Waals surface area contributed by atoms with Crippen LogP contribution < -0.4 is 0 Å². The van der Waals surface area contributed by atoms with Gasteiger partial charge in [0.1, 0.15) is 12.2 Å². The fraction of sp³-hybridized carbons (Fsp3) is 1.00. The zero-order valence-corrected chi connectivity index (χ0v) is 15.8. The number of ether oxygens (including phenoxy) is 4. The molecule has 6 heteroatoms. The first kappa shape index (κ1) is 20.1. The van der Waals surface area contributed by atoms with E-state index in [4.69, 9.17) is 23.4 Å².